The van der Waals surface area contributed by atoms with Crippen LogP contribution in [0.1, 0.15) is 60.3 Å². The number of rotatable bonds is 2. The first-order chi connectivity index (χ1) is 7.80. The molecule has 3 nitrogen and oxygen atoms in total. The van der Waals surface area contributed by atoms with E-state index in [4.69, 9.17) is 0 Å². The highest BCUT2D eigenvalue weighted by Gasteiger charge is 2.25. The molecule has 0 bridgehead atoms. The molecule has 0 radical (unpaired) electrons. The number of amides is 2. The Labute approximate surface area is 106 Å². The molecule has 17 heavy (non-hydrogen) atoms. The summed E-state index contributed by atoms with van der Waals surface area (Å²) in [6.07, 6.45) is 4.90. The lowest BCUT2D eigenvalue weighted by Crippen LogP contribution is -2.51. The molecule has 1 aliphatic rings. The molecule has 2 N–H and O–H groups in total. The first kappa shape index (κ1) is 14.3. The molecular weight excluding hydrogens is 212 g/mol. The molecule has 1 rings (SSSR count). The highest BCUT2D eigenvalue weighted by Crippen LogP contribution is 2.24. The predicted molar refractivity (Wildman–Crippen MR) is 72.0 cm³/mol. The molecule has 0 aromatic rings. The smallest absolute Gasteiger partial charge is 0.315 e. The molecule has 0 aliphatic heterocycles. The van der Waals surface area contributed by atoms with Crippen molar-refractivity contribution in [3.8, 4) is 0 Å². The summed E-state index contributed by atoms with van der Waals surface area (Å²) < 4.78 is 0. The van der Waals surface area contributed by atoms with E-state index in [1.165, 1.54) is 19.3 Å². The van der Waals surface area contributed by atoms with Crippen LogP contribution in [0.4, 0.5) is 4.79 Å². The van der Waals surface area contributed by atoms with Crippen molar-refractivity contribution >= 4 is 6.03 Å². The number of nitrogens with one attached hydrogen (secondary N) is 2. The standard InChI is InChI=1S/C14H28N2O/c1-10-8-6-7-9-12(10)16-13(17)15-11(2)14(3,4)5/h10-12H,6-9H2,1-5H3,(H2,15,16,17)/t10-,11-,12-/m1/s1. The van der Waals surface area contributed by atoms with Crippen LogP contribution in [-0.2, 0) is 0 Å². The summed E-state index contributed by atoms with van der Waals surface area (Å²) in [7, 11) is 0. The van der Waals surface area contributed by atoms with Crippen molar-refractivity contribution in [1.29, 1.82) is 0 Å². The van der Waals surface area contributed by atoms with E-state index in [9.17, 15) is 4.79 Å². The quantitative estimate of drug-likeness (QED) is 0.764. The molecule has 3 heteroatoms. The number of urea groups is 1. The van der Waals surface area contributed by atoms with Crippen LogP contribution in [-0.4, -0.2) is 18.1 Å². The van der Waals surface area contributed by atoms with E-state index in [1.54, 1.807) is 0 Å². The second-order valence-electron chi connectivity index (χ2n) is 6.57. The average Bonchev–Trinajstić information content (AvgIpc) is 2.20. The Kier molecular flexibility index (Phi) is 4.84. The van der Waals surface area contributed by atoms with Crippen molar-refractivity contribution in [2.75, 3.05) is 0 Å². The van der Waals surface area contributed by atoms with E-state index in [1.807, 2.05) is 0 Å². The third kappa shape index (κ3) is 4.57. The first-order valence-corrected chi connectivity index (χ1v) is 6.87. The topological polar surface area (TPSA) is 41.1 Å². The van der Waals surface area contributed by atoms with Crippen molar-refractivity contribution in [2.45, 2.75) is 72.4 Å². The number of hydrogen-bond donors (Lipinski definition) is 2. The van der Waals surface area contributed by atoms with Gasteiger partial charge in [0.15, 0.2) is 0 Å². The van der Waals surface area contributed by atoms with Gasteiger partial charge in [-0.15, -0.1) is 0 Å². The molecule has 2 amide bonds. The predicted octanol–water partition coefficient (Wildman–Crippen LogP) is 3.30. The van der Waals surface area contributed by atoms with E-state index in [2.05, 4.69) is 45.3 Å². The van der Waals surface area contributed by atoms with Crippen molar-refractivity contribution < 1.29 is 4.79 Å². The summed E-state index contributed by atoms with van der Waals surface area (Å²) >= 11 is 0. The molecule has 1 saturated carbocycles. The highest BCUT2D eigenvalue weighted by molar-refractivity contribution is 5.74. The molecule has 0 heterocycles. The Balaban J connectivity index is 2.38. The Morgan fingerprint density at radius 3 is 2.35 bits per heavy atom. The van der Waals surface area contributed by atoms with Gasteiger partial charge in [0, 0.05) is 12.1 Å². The maximum Gasteiger partial charge on any atom is 0.315 e. The van der Waals surface area contributed by atoms with Crippen LogP contribution in [0.5, 0.6) is 0 Å². The molecule has 1 fully saturated rings. The summed E-state index contributed by atoms with van der Waals surface area (Å²) in [6.45, 7) is 10.7. The lowest BCUT2D eigenvalue weighted by molar-refractivity contribution is 0.206. The van der Waals surface area contributed by atoms with Crippen LogP contribution in [0.2, 0.25) is 0 Å². The van der Waals surface area contributed by atoms with Gasteiger partial charge in [0.25, 0.3) is 0 Å². The molecule has 100 valence electrons. The van der Waals surface area contributed by atoms with E-state index in [0.29, 0.717) is 12.0 Å². The first-order valence-electron chi connectivity index (χ1n) is 6.87. The van der Waals surface area contributed by atoms with E-state index in [-0.39, 0.29) is 17.5 Å². The van der Waals surface area contributed by atoms with Gasteiger partial charge in [-0.05, 0) is 31.1 Å². The summed E-state index contributed by atoms with van der Waals surface area (Å²) in [5.74, 6) is 0.611. The summed E-state index contributed by atoms with van der Waals surface area (Å²) in [4.78, 5) is 11.9. The zero-order valence-corrected chi connectivity index (χ0v) is 12.0. The molecule has 3 atom stereocenters. The van der Waals surface area contributed by atoms with Gasteiger partial charge in [-0.2, -0.15) is 0 Å². The molecular formula is C14H28N2O. The van der Waals surface area contributed by atoms with Crippen LogP contribution in [0.15, 0.2) is 0 Å². The van der Waals surface area contributed by atoms with Gasteiger partial charge >= 0.3 is 6.03 Å². The van der Waals surface area contributed by atoms with Gasteiger partial charge in [0.2, 0.25) is 0 Å². The van der Waals surface area contributed by atoms with Gasteiger partial charge in [-0.1, -0.05) is 40.5 Å². The monoisotopic (exact) mass is 240 g/mol. The van der Waals surface area contributed by atoms with Crippen LogP contribution >= 0.6 is 0 Å². The molecule has 0 unspecified atom stereocenters. The van der Waals surface area contributed by atoms with E-state index in [0.717, 1.165) is 6.42 Å². The van der Waals surface area contributed by atoms with Gasteiger partial charge < -0.3 is 10.6 Å². The number of carbonyl (C=O) groups is 1. The summed E-state index contributed by atoms with van der Waals surface area (Å²) in [6, 6.07) is 0.531. The zero-order valence-electron chi connectivity index (χ0n) is 12.0. The highest BCUT2D eigenvalue weighted by atomic mass is 16.2. The molecule has 0 spiro atoms. The fourth-order valence-corrected chi connectivity index (χ4v) is 2.15. The SMILES string of the molecule is C[C@@H]1CCCC[C@H]1NC(=O)N[C@H](C)C(C)(C)C. The maximum atomic E-state index is 11.9. The third-order valence-electron chi connectivity index (χ3n) is 4.07. The second-order valence-corrected chi connectivity index (χ2v) is 6.57. The van der Waals surface area contributed by atoms with Crippen molar-refractivity contribution in [2.24, 2.45) is 11.3 Å². The normalized spacial score (nSPS) is 27.4. The van der Waals surface area contributed by atoms with Crippen molar-refractivity contribution in [3.63, 3.8) is 0 Å². The minimum absolute atomic E-state index is 0.00817. The molecule has 0 saturated heterocycles. The van der Waals surface area contributed by atoms with E-state index < -0.39 is 0 Å². The summed E-state index contributed by atoms with van der Waals surface area (Å²) in [5, 5.41) is 6.16. The van der Waals surface area contributed by atoms with Crippen LogP contribution < -0.4 is 10.6 Å². The summed E-state index contributed by atoms with van der Waals surface area (Å²) in [5.41, 5.74) is 0.107. The Bertz CT molecular complexity index is 257. The number of hydrogen-bond acceptors (Lipinski definition) is 1. The van der Waals surface area contributed by atoms with Gasteiger partial charge in [-0.25, -0.2) is 4.79 Å². The molecule has 1 aliphatic carbocycles. The minimum Gasteiger partial charge on any atom is -0.335 e. The van der Waals surface area contributed by atoms with Crippen LogP contribution in [0, 0.1) is 11.3 Å². The van der Waals surface area contributed by atoms with E-state index >= 15 is 0 Å². The lowest BCUT2D eigenvalue weighted by Gasteiger charge is -2.32. The minimum atomic E-state index is -0.00817. The average molecular weight is 240 g/mol. The fraction of sp³-hybridized carbons (Fsp3) is 0.929. The van der Waals surface area contributed by atoms with Gasteiger partial charge in [0.05, 0.1) is 0 Å². The number of carbonyl (C=O) groups excluding carboxylic acids is 1. The van der Waals surface area contributed by atoms with Crippen LogP contribution in [0.3, 0.4) is 0 Å². The molecule has 0 aromatic carbocycles. The second kappa shape index (κ2) is 5.74. The zero-order chi connectivity index (χ0) is 13.1. The van der Waals surface area contributed by atoms with Crippen LogP contribution in [0.25, 0.3) is 0 Å². The largest absolute Gasteiger partial charge is 0.335 e. The Hall–Kier alpha value is -0.730. The van der Waals surface area contributed by atoms with Crippen molar-refractivity contribution in [1.82, 2.24) is 10.6 Å². The third-order valence-corrected chi connectivity index (χ3v) is 4.07. The lowest BCUT2D eigenvalue weighted by atomic mass is 9.86. The van der Waals surface area contributed by atoms with Gasteiger partial charge in [-0.3, -0.25) is 0 Å². The van der Waals surface area contributed by atoms with Gasteiger partial charge in [0.1, 0.15) is 0 Å². The molecule has 0 aromatic heterocycles. The van der Waals surface area contributed by atoms with Crippen molar-refractivity contribution in [3.05, 3.63) is 0 Å². The Morgan fingerprint density at radius 1 is 1.24 bits per heavy atom. The maximum absolute atomic E-state index is 11.9. The fourth-order valence-electron chi connectivity index (χ4n) is 2.15. The Morgan fingerprint density at radius 2 is 1.82 bits per heavy atom.